The van der Waals surface area contributed by atoms with Gasteiger partial charge in [-0.1, -0.05) is 19.3 Å². The predicted octanol–water partition coefficient (Wildman–Crippen LogP) is 0.702. The Morgan fingerprint density at radius 3 is 2.63 bits per heavy atom. The Kier molecular flexibility index (Phi) is 4.59. The summed E-state index contributed by atoms with van der Waals surface area (Å²) in [5.41, 5.74) is 5.60. The summed E-state index contributed by atoms with van der Waals surface area (Å²) in [4.78, 5) is 0. The first-order valence-electron chi connectivity index (χ1n) is 6.77. The van der Waals surface area contributed by atoms with E-state index in [9.17, 15) is 8.42 Å². The molecule has 0 aromatic carbocycles. The molecule has 0 spiro atoms. The van der Waals surface area contributed by atoms with Crippen molar-refractivity contribution in [3.63, 3.8) is 0 Å². The minimum absolute atomic E-state index is 0.0807. The van der Waals surface area contributed by atoms with E-state index in [1.54, 1.807) is 17.4 Å². The first-order valence-corrected chi connectivity index (χ1v) is 8.21. The van der Waals surface area contributed by atoms with E-state index in [-0.39, 0.29) is 11.1 Å². The van der Waals surface area contributed by atoms with Crippen LogP contribution in [0.1, 0.15) is 32.1 Å². The van der Waals surface area contributed by atoms with E-state index in [0.717, 1.165) is 25.7 Å². The molecule has 0 atom stereocenters. The highest BCUT2D eigenvalue weighted by molar-refractivity contribution is 7.89. The largest absolute Gasteiger partial charge is 0.329 e. The molecule has 1 aromatic rings. The lowest BCUT2D eigenvalue weighted by Crippen LogP contribution is -2.44. The van der Waals surface area contributed by atoms with Crippen LogP contribution in [0.5, 0.6) is 0 Å². The summed E-state index contributed by atoms with van der Waals surface area (Å²) in [6.07, 6.45) is 6.74. The second kappa shape index (κ2) is 6.02. The molecule has 0 saturated heterocycles. The zero-order valence-electron chi connectivity index (χ0n) is 11.3. The summed E-state index contributed by atoms with van der Waals surface area (Å²) in [5, 5.41) is 4.19. The molecule has 0 unspecified atom stereocenters. The molecule has 1 aliphatic rings. The normalized spacial score (nSPS) is 18.1. The lowest BCUT2D eigenvalue weighted by Gasteiger charge is -2.32. The van der Waals surface area contributed by atoms with Crippen molar-refractivity contribution < 1.29 is 8.42 Å². The summed E-state index contributed by atoms with van der Waals surface area (Å²) in [7, 11) is -1.85. The zero-order valence-corrected chi connectivity index (χ0v) is 12.1. The van der Waals surface area contributed by atoms with Crippen LogP contribution in [0.2, 0.25) is 0 Å². The van der Waals surface area contributed by atoms with Gasteiger partial charge in [0.05, 0.1) is 6.20 Å². The quantitative estimate of drug-likeness (QED) is 0.864. The number of nitrogens with two attached hydrogens (primary N) is 1. The van der Waals surface area contributed by atoms with Crippen molar-refractivity contribution >= 4 is 10.0 Å². The molecule has 1 heterocycles. The summed E-state index contributed by atoms with van der Waals surface area (Å²) >= 11 is 0. The van der Waals surface area contributed by atoms with Gasteiger partial charge in [-0.25, -0.2) is 8.42 Å². The third kappa shape index (κ3) is 2.98. The van der Waals surface area contributed by atoms with Crippen molar-refractivity contribution in [2.45, 2.75) is 43.2 Å². The van der Waals surface area contributed by atoms with Gasteiger partial charge in [-0.2, -0.15) is 9.40 Å². The summed E-state index contributed by atoms with van der Waals surface area (Å²) in [6, 6.07) is 1.62. The molecular formula is C12H22N4O2S. The van der Waals surface area contributed by atoms with Crippen molar-refractivity contribution in [2.75, 3.05) is 13.1 Å². The van der Waals surface area contributed by atoms with Gasteiger partial charge >= 0.3 is 0 Å². The van der Waals surface area contributed by atoms with Crippen LogP contribution in [-0.4, -0.2) is 41.6 Å². The number of hydrogen-bond donors (Lipinski definition) is 1. The van der Waals surface area contributed by atoms with Gasteiger partial charge in [-0.05, 0) is 18.9 Å². The average Bonchev–Trinajstić information content (AvgIpc) is 2.84. The molecule has 0 amide bonds. The second-order valence-corrected chi connectivity index (χ2v) is 6.83. The van der Waals surface area contributed by atoms with Crippen LogP contribution < -0.4 is 5.73 Å². The van der Waals surface area contributed by atoms with Gasteiger partial charge in [0, 0.05) is 26.2 Å². The smallest absolute Gasteiger partial charge is 0.260 e. The highest BCUT2D eigenvalue weighted by atomic mass is 32.2. The standard InChI is InChI=1S/C12H22N4O2S/c1-15-12(7-9-14-15)19(17,18)16(10-8-13)11-5-3-2-4-6-11/h7,9,11H,2-6,8,10,13H2,1H3. The maximum atomic E-state index is 12.7. The fourth-order valence-corrected chi connectivity index (χ4v) is 4.53. The molecule has 108 valence electrons. The summed E-state index contributed by atoms with van der Waals surface area (Å²) in [6.45, 7) is 0.714. The Labute approximate surface area is 114 Å². The number of nitrogens with zero attached hydrogens (tertiary/aromatic N) is 3. The van der Waals surface area contributed by atoms with Gasteiger partial charge in [0.1, 0.15) is 0 Å². The number of rotatable bonds is 5. The van der Waals surface area contributed by atoms with Crippen molar-refractivity contribution in [1.29, 1.82) is 0 Å². The van der Waals surface area contributed by atoms with E-state index in [4.69, 9.17) is 5.73 Å². The van der Waals surface area contributed by atoms with Crippen molar-refractivity contribution in [2.24, 2.45) is 12.8 Å². The molecule has 2 rings (SSSR count). The lowest BCUT2D eigenvalue weighted by molar-refractivity contribution is 0.256. The molecular weight excluding hydrogens is 264 g/mol. The van der Waals surface area contributed by atoms with Crippen LogP contribution in [0.25, 0.3) is 0 Å². The molecule has 0 aliphatic heterocycles. The van der Waals surface area contributed by atoms with Crippen LogP contribution >= 0.6 is 0 Å². The van der Waals surface area contributed by atoms with Crippen molar-refractivity contribution in [3.8, 4) is 0 Å². The van der Waals surface area contributed by atoms with Gasteiger partial charge in [-0.3, -0.25) is 4.68 Å². The Morgan fingerprint density at radius 1 is 1.42 bits per heavy atom. The third-order valence-electron chi connectivity index (χ3n) is 3.68. The van der Waals surface area contributed by atoms with Gasteiger partial charge in [0.2, 0.25) is 0 Å². The first kappa shape index (κ1) is 14.5. The maximum Gasteiger partial charge on any atom is 0.260 e. The molecule has 7 heteroatoms. The van der Waals surface area contributed by atoms with Crippen LogP contribution in [-0.2, 0) is 17.1 Å². The minimum atomic E-state index is -3.50. The molecule has 1 saturated carbocycles. The maximum absolute atomic E-state index is 12.7. The number of hydrogen-bond acceptors (Lipinski definition) is 4. The van der Waals surface area contributed by atoms with E-state index in [1.165, 1.54) is 17.3 Å². The van der Waals surface area contributed by atoms with Gasteiger partial charge in [0.15, 0.2) is 5.03 Å². The van der Waals surface area contributed by atoms with Crippen molar-refractivity contribution in [3.05, 3.63) is 12.3 Å². The zero-order chi connectivity index (χ0) is 13.9. The number of aryl methyl sites for hydroxylation is 1. The highest BCUT2D eigenvalue weighted by Crippen LogP contribution is 2.27. The summed E-state index contributed by atoms with van der Waals surface area (Å²) in [5.74, 6) is 0. The predicted molar refractivity (Wildman–Crippen MR) is 73.0 cm³/mol. The Balaban J connectivity index is 2.29. The van der Waals surface area contributed by atoms with Crippen LogP contribution in [0.3, 0.4) is 0 Å². The molecule has 6 nitrogen and oxygen atoms in total. The van der Waals surface area contributed by atoms with E-state index in [1.807, 2.05) is 0 Å². The fraction of sp³-hybridized carbons (Fsp3) is 0.750. The second-order valence-electron chi connectivity index (χ2n) is 4.99. The topological polar surface area (TPSA) is 81.2 Å². The van der Waals surface area contributed by atoms with E-state index < -0.39 is 10.0 Å². The van der Waals surface area contributed by atoms with E-state index in [2.05, 4.69) is 5.10 Å². The Bertz CT molecular complexity index is 506. The van der Waals surface area contributed by atoms with Crippen LogP contribution in [0.15, 0.2) is 17.3 Å². The molecule has 1 aromatic heterocycles. The monoisotopic (exact) mass is 286 g/mol. The fourth-order valence-electron chi connectivity index (χ4n) is 2.73. The molecule has 0 radical (unpaired) electrons. The first-order chi connectivity index (χ1) is 9.07. The molecule has 19 heavy (non-hydrogen) atoms. The average molecular weight is 286 g/mol. The highest BCUT2D eigenvalue weighted by Gasteiger charge is 2.33. The van der Waals surface area contributed by atoms with Crippen LogP contribution in [0.4, 0.5) is 0 Å². The number of aromatic nitrogens is 2. The van der Waals surface area contributed by atoms with Gasteiger partial charge < -0.3 is 5.73 Å². The van der Waals surface area contributed by atoms with Crippen LogP contribution in [0, 0.1) is 0 Å². The SMILES string of the molecule is Cn1nccc1S(=O)(=O)N(CCN)C1CCCCC1. The molecule has 2 N–H and O–H groups in total. The molecule has 0 bridgehead atoms. The van der Waals surface area contributed by atoms with Gasteiger partial charge in [0.25, 0.3) is 10.0 Å². The Morgan fingerprint density at radius 2 is 2.11 bits per heavy atom. The third-order valence-corrected chi connectivity index (χ3v) is 5.71. The van der Waals surface area contributed by atoms with Crippen molar-refractivity contribution in [1.82, 2.24) is 14.1 Å². The molecule has 1 fully saturated rings. The van der Waals surface area contributed by atoms with Gasteiger partial charge in [-0.15, -0.1) is 0 Å². The summed E-state index contributed by atoms with van der Waals surface area (Å²) < 4.78 is 28.4. The minimum Gasteiger partial charge on any atom is -0.329 e. The molecule has 1 aliphatic carbocycles. The Hall–Kier alpha value is -0.920. The number of sulfonamides is 1. The van der Waals surface area contributed by atoms with E-state index >= 15 is 0 Å². The van der Waals surface area contributed by atoms with E-state index in [0.29, 0.717) is 13.1 Å². The lowest BCUT2D eigenvalue weighted by atomic mass is 9.95.